The topological polar surface area (TPSA) is 0 Å². The molecule has 0 aromatic carbocycles. The quantitative estimate of drug-likeness (QED) is 0.384. The first kappa shape index (κ1) is 26.2. The monoisotopic (exact) mass is 475 g/mol. The molecule has 0 aliphatic heterocycles. The molecule has 3 saturated carbocycles. The molecule has 3 fully saturated rings. The maximum atomic E-state index is 2.34. The third kappa shape index (κ3) is 11.6. The average molecular weight is 476 g/mol. The van der Waals surface area contributed by atoms with E-state index < -0.39 is 0 Å². The van der Waals surface area contributed by atoms with Crippen LogP contribution in [-0.2, 0) is 0 Å². The van der Waals surface area contributed by atoms with Crippen molar-refractivity contribution in [2.75, 3.05) is 0 Å². The summed E-state index contributed by atoms with van der Waals surface area (Å²) >= 11 is 0. The average Bonchev–Trinajstić information content (AvgIpc) is 3.29. The van der Waals surface area contributed by atoms with Gasteiger partial charge in [0, 0.05) is 35.6 Å². The normalized spacial score (nSPS) is 22.0. The second-order valence-corrected chi connectivity index (χ2v) is 9.87. The van der Waals surface area contributed by atoms with E-state index in [1.54, 1.807) is 0 Å². The van der Waals surface area contributed by atoms with Crippen LogP contribution >= 0.6 is 0 Å². The summed E-state index contributed by atoms with van der Waals surface area (Å²) in [4.78, 5) is 0. The summed E-state index contributed by atoms with van der Waals surface area (Å²) in [6.07, 6.45) is 17.9. The number of rotatable bonds is 3. The zero-order valence-electron chi connectivity index (χ0n) is 18.5. The van der Waals surface area contributed by atoms with Gasteiger partial charge in [0.25, 0.3) is 0 Å². The molecule has 0 heterocycles. The molecule has 0 saturated heterocycles. The first-order chi connectivity index (χ1) is 11.4. The second kappa shape index (κ2) is 15.2. The molecule has 1 radical (unpaired) electrons. The Morgan fingerprint density at radius 1 is 0.400 bits per heavy atom. The van der Waals surface area contributed by atoms with Gasteiger partial charge in [-0.1, -0.05) is 119 Å². The van der Waals surface area contributed by atoms with Gasteiger partial charge < -0.3 is 0 Å². The molecule has 3 aliphatic carbocycles. The zero-order valence-corrected chi connectivity index (χ0v) is 22.2. The fourth-order valence-electron chi connectivity index (χ4n) is 4.87. The van der Waals surface area contributed by atoms with Crippen molar-refractivity contribution in [2.45, 2.75) is 119 Å². The van der Waals surface area contributed by atoms with Crippen LogP contribution in [0, 0.1) is 71.1 Å². The van der Waals surface area contributed by atoms with Crippen LogP contribution in [0.2, 0.25) is 0 Å². The summed E-state index contributed by atoms with van der Waals surface area (Å²) in [5.74, 6) is 6.02. The summed E-state index contributed by atoms with van der Waals surface area (Å²) in [6, 6.07) is 0. The third-order valence-corrected chi connectivity index (χ3v) is 7.03. The largest absolute Gasteiger partial charge is 0.0625 e. The van der Waals surface area contributed by atoms with E-state index in [0.29, 0.717) is 0 Å². The molecule has 147 valence electrons. The van der Waals surface area contributed by atoms with Crippen LogP contribution < -0.4 is 0 Å². The SMILES string of the molecule is CC(C)C1CCCC1.CC(C)C1CCCC1.CC(C)C1CCCC1.[La]. The molecule has 0 N–H and O–H groups in total. The molecule has 0 spiro atoms. The van der Waals surface area contributed by atoms with Crippen molar-refractivity contribution < 1.29 is 35.6 Å². The fourth-order valence-corrected chi connectivity index (χ4v) is 4.87. The molecule has 0 unspecified atom stereocenters. The fraction of sp³-hybridized carbons (Fsp3) is 1.00. The Morgan fingerprint density at radius 2 is 0.560 bits per heavy atom. The van der Waals surface area contributed by atoms with Gasteiger partial charge in [0.2, 0.25) is 0 Å². The molecule has 0 atom stereocenters. The summed E-state index contributed by atoms with van der Waals surface area (Å²) < 4.78 is 0. The van der Waals surface area contributed by atoms with Gasteiger partial charge in [-0.05, 0) is 35.5 Å². The van der Waals surface area contributed by atoms with Crippen molar-refractivity contribution in [1.82, 2.24) is 0 Å². The Kier molecular flexibility index (Phi) is 15.9. The van der Waals surface area contributed by atoms with Gasteiger partial charge in [0.15, 0.2) is 0 Å². The van der Waals surface area contributed by atoms with E-state index in [0.717, 1.165) is 35.5 Å². The summed E-state index contributed by atoms with van der Waals surface area (Å²) in [5, 5.41) is 0. The minimum atomic E-state index is 0. The minimum Gasteiger partial charge on any atom is -0.0625 e. The van der Waals surface area contributed by atoms with E-state index in [1.165, 1.54) is 77.0 Å². The van der Waals surface area contributed by atoms with Crippen molar-refractivity contribution in [2.24, 2.45) is 35.5 Å². The van der Waals surface area contributed by atoms with Crippen LogP contribution in [0.3, 0.4) is 0 Å². The van der Waals surface area contributed by atoms with E-state index in [-0.39, 0.29) is 35.6 Å². The summed E-state index contributed by atoms with van der Waals surface area (Å²) in [6.45, 7) is 14.1. The predicted molar refractivity (Wildman–Crippen MR) is 110 cm³/mol. The predicted octanol–water partition coefficient (Wildman–Crippen LogP) is 8.50. The van der Waals surface area contributed by atoms with Gasteiger partial charge in [-0.2, -0.15) is 0 Å². The maximum Gasteiger partial charge on any atom is 0 e. The summed E-state index contributed by atoms with van der Waals surface area (Å²) in [7, 11) is 0. The Morgan fingerprint density at radius 3 is 0.640 bits per heavy atom. The second-order valence-electron chi connectivity index (χ2n) is 9.87. The first-order valence-electron chi connectivity index (χ1n) is 11.4. The summed E-state index contributed by atoms with van der Waals surface area (Å²) in [5.41, 5.74) is 0. The number of hydrogen-bond donors (Lipinski definition) is 0. The Balaban J connectivity index is 0.000000339. The Labute approximate surface area is 188 Å². The van der Waals surface area contributed by atoms with Gasteiger partial charge in [-0.25, -0.2) is 0 Å². The van der Waals surface area contributed by atoms with E-state index in [4.69, 9.17) is 0 Å². The molecule has 0 bridgehead atoms. The standard InChI is InChI=1S/3C8H16.La/c3*1-7(2)8-5-3-4-6-8;/h3*7-8H,3-6H2,1-2H3;. The molecule has 0 amide bonds. The molecular formula is C24H48La. The van der Waals surface area contributed by atoms with Crippen LogP contribution in [0.5, 0.6) is 0 Å². The Bertz CT molecular complexity index is 229. The van der Waals surface area contributed by atoms with Crippen molar-refractivity contribution in [3.63, 3.8) is 0 Å². The van der Waals surface area contributed by atoms with Crippen molar-refractivity contribution in [1.29, 1.82) is 0 Å². The van der Waals surface area contributed by atoms with Gasteiger partial charge in [0.1, 0.15) is 0 Å². The third-order valence-electron chi connectivity index (χ3n) is 7.03. The van der Waals surface area contributed by atoms with E-state index >= 15 is 0 Å². The molecule has 0 aromatic heterocycles. The number of hydrogen-bond acceptors (Lipinski definition) is 0. The Hall–Kier alpha value is 1.19. The minimum absolute atomic E-state index is 0. The molecule has 0 nitrogen and oxygen atoms in total. The maximum absolute atomic E-state index is 2.34. The first-order valence-corrected chi connectivity index (χ1v) is 11.4. The van der Waals surface area contributed by atoms with Crippen LogP contribution in [0.15, 0.2) is 0 Å². The van der Waals surface area contributed by atoms with E-state index in [1.807, 2.05) is 0 Å². The van der Waals surface area contributed by atoms with Gasteiger partial charge in [0.05, 0.1) is 0 Å². The van der Waals surface area contributed by atoms with E-state index in [2.05, 4.69) is 41.5 Å². The van der Waals surface area contributed by atoms with Crippen molar-refractivity contribution >= 4 is 0 Å². The zero-order chi connectivity index (χ0) is 17.9. The molecular weight excluding hydrogens is 427 g/mol. The molecule has 3 aliphatic rings. The van der Waals surface area contributed by atoms with Crippen LogP contribution in [0.4, 0.5) is 0 Å². The van der Waals surface area contributed by atoms with Crippen molar-refractivity contribution in [3.05, 3.63) is 0 Å². The van der Waals surface area contributed by atoms with Gasteiger partial charge in [-0.3, -0.25) is 0 Å². The molecule has 3 rings (SSSR count). The van der Waals surface area contributed by atoms with Gasteiger partial charge in [-0.15, -0.1) is 0 Å². The van der Waals surface area contributed by atoms with E-state index in [9.17, 15) is 0 Å². The van der Waals surface area contributed by atoms with Crippen LogP contribution in [0.1, 0.15) is 119 Å². The molecule has 1 heteroatoms. The molecule has 25 heavy (non-hydrogen) atoms. The van der Waals surface area contributed by atoms with Crippen LogP contribution in [0.25, 0.3) is 0 Å². The molecule has 0 aromatic rings. The van der Waals surface area contributed by atoms with Crippen LogP contribution in [-0.4, -0.2) is 0 Å². The van der Waals surface area contributed by atoms with Crippen molar-refractivity contribution in [3.8, 4) is 0 Å². The van der Waals surface area contributed by atoms with Gasteiger partial charge >= 0.3 is 0 Å². The smallest absolute Gasteiger partial charge is 0 e.